The zero-order valence-corrected chi connectivity index (χ0v) is 12.6. The predicted molar refractivity (Wildman–Crippen MR) is 86.0 cm³/mol. The fourth-order valence-electron chi connectivity index (χ4n) is 2.30. The summed E-state index contributed by atoms with van der Waals surface area (Å²) in [5.41, 5.74) is 1.35. The molecule has 0 bridgehead atoms. The Bertz CT molecular complexity index is 684. The van der Waals surface area contributed by atoms with Gasteiger partial charge in [0.25, 0.3) is 5.91 Å². The van der Waals surface area contributed by atoms with Gasteiger partial charge in [-0.25, -0.2) is 4.79 Å². The van der Waals surface area contributed by atoms with Gasteiger partial charge in [-0.2, -0.15) is 12.6 Å². The van der Waals surface area contributed by atoms with E-state index >= 15 is 0 Å². The molecule has 0 aliphatic heterocycles. The number of carboxylic acids is 1. The second kappa shape index (κ2) is 6.63. The number of aryl methyl sites for hydroxylation is 1. The molecular formula is C16H17NO3S. The molecule has 2 N–H and O–H groups in total. The van der Waals surface area contributed by atoms with Crippen molar-refractivity contribution in [3.63, 3.8) is 0 Å². The first kappa shape index (κ1) is 15.4. The van der Waals surface area contributed by atoms with E-state index in [1.165, 1.54) is 0 Å². The quantitative estimate of drug-likeness (QED) is 0.744. The lowest BCUT2D eigenvalue weighted by atomic mass is 9.99. The number of hydrogen-bond acceptors (Lipinski definition) is 3. The average molecular weight is 303 g/mol. The first-order valence-electron chi connectivity index (χ1n) is 6.67. The number of aliphatic carboxylic acids is 1. The minimum atomic E-state index is -1.05. The molecule has 5 heteroatoms. The molecule has 0 saturated heterocycles. The first-order chi connectivity index (χ1) is 10.0. The lowest BCUT2D eigenvalue weighted by Gasteiger charge is -2.16. The molecule has 21 heavy (non-hydrogen) atoms. The molecule has 0 spiro atoms. The second-order valence-corrected chi connectivity index (χ2v) is 5.30. The highest BCUT2D eigenvalue weighted by atomic mass is 32.1. The zero-order valence-electron chi connectivity index (χ0n) is 11.7. The SMILES string of the molecule is Cc1ccc2ccccc2c1C(=O)N[C@@H](CCS)C(=O)O. The monoisotopic (exact) mass is 303 g/mol. The number of carbonyl (C=O) groups excluding carboxylic acids is 1. The van der Waals surface area contributed by atoms with E-state index in [2.05, 4.69) is 17.9 Å². The third-order valence-electron chi connectivity index (χ3n) is 3.39. The van der Waals surface area contributed by atoms with Crippen LogP contribution in [0.5, 0.6) is 0 Å². The van der Waals surface area contributed by atoms with Gasteiger partial charge in [-0.15, -0.1) is 0 Å². The molecule has 2 rings (SSSR count). The third kappa shape index (κ3) is 3.36. The molecule has 2 aromatic rings. The van der Waals surface area contributed by atoms with Gasteiger partial charge in [0.05, 0.1) is 5.56 Å². The molecular weight excluding hydrogens is 286 g/mol. The summed E-state index contributed by atoms with van der Waals surface area (Å²) in [7, 11) is 0. The number of nitrogens with one attached hydrogen (secondary N) is 1. The summed E-state index contributed by atoms with van der Waals surface area (Å²) in [4.78, 5) is 23.6. The van der Waals surface area contributed by atoms with Gasteiger partial charge in [0.1, 0.15) is 6.04 Å². The van der Waals surface area contributed by atoms with Crippen molar-refractivity contribution >= 4 is 35.3 Å². The predicted octanol–water partition coefficient (Wildman–Crippen LogP) is 2.65. The van der Waals surface area contributed by atoms with E-state index < -0.39 is 12.0 Å². The van der Waals surface area contributed by atoms with Crippen LogP contribution in [-0.2, 0) is 4.79 Å². The largest absolute Gasteiger partial charge is 0.480 e. The fourth-order valence-corrected chi connectivity index (χ4v) is 2.56. The molecule has 110 valence electrons. The summed E-state index contributed by atoms with van der Waals surface area (Å²) in [5.74, 6) is -1.01. The van der Waals surface area contributed by atoms with Crippen LogP contribution < -0.4 is 5.32 Å². The normalized spacial score (nSPS) is 12.1. The Morgan fingerprint density at radius 3 is 2.62 bits per heavy atom. The van der Waals surface area contributed by atoms with Gasteiger partial charge >= 0.3 is 5.97 Å². The highest BCUT2D eigenvalue weighted by Crippen LogP contribution is 2.22. The van der Waals surface area contributed by atoms with Crippen molar-refractivity contribution in [2.45, 2.75) is 19.4 Å². The maximum Gasteiger partial charge on any atom is 0.326 e. The molecule has 1 amide bonds. The molecule has 0 radical (unpaired) electrons. The highest BCUT2D eigenvalue weighted by Gasteiger charge is 2.21. The van der Waals surface area contributed by atoms with Gasteiger partial charge in [-0.05, 0) is 35.4 Å². The Morgan fingerprint density at radius 2 is 1.95 bits per heavy atom. The van der Waals surface area contributed by atoms with E-state index in [9.17, 15) is 9.59 Å². The lowest BCUT2D eigenvalue weighted by Crippen LogP contribution is -2.41. The number of rotatable bonds is 5. The van der Waals surface area contributed by atoms with Crippen LogP contribution in [0.3, 0.4) is 0 Å². The van der Waals surface area contributed by atoms with Crippen LogP contribution in [-0.4, -0.2) is 28.8 Å². The smallest absolute Gasteiger partial charge is 0.326 e. The average Bonchev–Trinajstić information content (AvgIpc) is 2.46. The van der Waals surface area contributed by atoms with E-state index in [4.69, 9.17) is 5.11 Å². The Hall–Kier alpha value is -2.01. The van der Waals surface area contributed by atoms with E-state index in [0.717, 1.165) is 16.3 Å². The zero-order chi connectivity index (χ0) is 15.4. The van der Waals surface area contributed by atoms with E-state index in [-0.39, 0.29) is 12.3 Å². The van der Waals surface area contributed by atoms with Crippen LogP contribution >= 0.6 is 12.6 Å². The standard InChI is InChI=1S/C16H17NO3S/c1-10-6-7-11-4-2-3-5-12(11)14(10)15(18)17-13(8-9-21)16(19)20/h2-7,13,21H,8-9H2,1H3,(H,17,18)(H,19,20)/t13-/m0/s1. The molecule has 0 aromatic heterocycles. The third-order valence-corrected chi connectivity index (χ3v) is 3.64. The number of benzene rings is 2. The number of amides is 1. The molecule has 0 saturated carbocycles. The molecule has 0 heterocycles. The number of carboxylic acid groups (broad SMARTS) is 1. The van der Waals surface area contributed by atoms with Crippen molar-refractivity contribution in [3.8, 4) is 0 Å². The number of thiol groups is 1. The molecule has 0 unspecified atom stereocenters. The summed E-state index contributed by atoms with van der Waals surface area (Å²) in [6.45, 7) is 1.84. The number of carbonyl (C=O) groups is 2. The molecule has 4 nitrogen and oxygen atoms in total. The van der Waals surface area contributed by atoms with Crippen molar-refractivity contribution in [2.24, 2.45) is 0 Å². The van der Waals surface area contributed by atoms with E-state index in [1.807, 2.05) is 43.3 Å². The summed E-state index contributed by atoms with van der Waals surface area (Å²) in [5, 5.41) is 13.5. The summed E-state index contributed by atoms with van der Waals surface area (Å²) in [6, 6.07) is 10.4. The maximum atomic E-state index is 12.5. The Balaban J connectivity index is 2.39. The minimum Gasteiger partial charge on any atom is -0.480 e. The minimum absolute atomic E-state index is 0.286. The Morgan fingerprint density at radius 1 is 1.24 bits per heavy atom. The Labute approximate surface area is 128 Å². The van der Waals surface area contributed by atoms with Crippen molar-refractivity contribution < 1.29 is 14.7 Å². The maximum absolute atomic E-state index is 12.5. The van der Waals surface area contributed by atoms with Gasteiger partial charge in [0, 0.05) is 0 Å². The highest BCUT2D eigenvalue weighted by molar-refractivity contribution is 7.80. The van der Waals surface area contributed by atoms with Crippen molar-refractivity contribution in [3.05, 3.63) is 47.5 Å². The first-order valence-corrected chi connectivity index (χ1v) is 7.30. The van der Waals surface area contributed by atoms with E-state index in [0.29, 0.717) is 11.3 Å². The number of fused-ring (bicyclic) bond motifs is 1. The van der Waals surface area contributed by atoms with Gasteiger partial charge in [0.15, 0.2) is 0 Å². The molecule has 2 aromatic carbocycles. The van der Waals surface area contributed by atoms with Crippen LogP contribution in [0.25, 0.3) is 10.8 Å². The van der Waals surface area contributed by atoms with Crippen LogP contribution in [0.4, 0.5) is 0 Å². The van der Waals surface area contributed by atoms with Crippen LogP contribution in [0.1, 0.15) is 22.3 Å². The topological polar surface area (TPSA) is 66.4 Å². The van der Waals surface area contributed by atoms with Gasteiger partial charge < -0.3 is 10.4 Å². The molecule has 0 aliphatic rings. The second-order valence-electron chi connectivity index (χ2n) is 4.86. The fraction of sp³-hybridized carbons (Fsp3) is 0.250. The summed E-state index contributed by atoms with van der Waals surface area (Å²) < 4.78 is 0. The van der Waals surface area contributed by atoms with E-state index in [1.54, 1.807) is 0 Å². The van der Waals surface area contributed by atoms with Crippen LogP contribution in [0.15, 0.2) is 36.4 Å². The summed E-state index contributed by atoms with van der Waals surface area (Å²) in [6.07, 6.45) is 0.286. The van der Waals surface area contributed by atoms with Gasteiger partial charge in [0.2, 0.25) is 0 Å². The summed E-state index contributed by atoms with van der Waals surface area (Å²) >= 11 is 4.03. The molecule has 0 aliphatic carbocycles. The van der Waals surface area contributed by atoms with Crippen molar-refractivity contribution in [1.29, 1.82) is 0 Å². The van der Waals surface area contributed by atoms with Crippen LogP contribution in [0.2, 0.25) is 0 Å². The molecule has 1 atom stereocenters. The van der Waals surface area contributed by atoms with Gasteiger partial charge in [-0.3, -0.25) is 4.79 Å². The lowest BCUT2D eigenvalue weighted by molar-refractivity contribution is -0.139. The van der Waals surface area contributed by atoms with Gasteiger partial charge in [-0.1, -0.05) is 36.4 Å². The number of hydrogen-bond donors (Lipinski definition) is 3. The van der Waals surface area contributed by atoms with Crippen molar-refractivity contribution in [2.75, 3.05) is 5.75 Å². The molecule has 0 fully saturated rings. The van der Waals surface area contributed by atoms with Crippen LogP contribution in [0, 0.1) is 6.92 Å². The van der Waals surface area contributed by atoms with Crippen molar-refractivity contribution in [1.82, 2.24) is 5.32 Å². The Kier molecular flexibility index (Phi) is 4.85.